The summed E-state index contributed by atoms with van der Waals surface area (Å²) in [5.74, 6) is -2.31. The summed E-state index contributed by atoms with van der Waals surface area (Å²) in [6.45, 7) is 1.78. The molecular weight excluding hydrogens is 480 g/mol. The van der Waals surface area contributed by atoms with Gasteiger partial charge in [-0.15, -0.1) is 0 Å². The lowest BCUT2D eigenvalue weighted by Gasteiger charge is -2.32. The van der Waals surface area contributed by atoms with Crippen molar-refractivity contribution >= 4 is 11.0 Å². The van der Waals surface area contributed by atoms with Crippen molar-refractivity contribution in [1.29, 1.82) is 0 Å². The van der Waals surface area contributed by atoms with Crippen LogP contribution >= 0.6 is 0 Å². The highest BCUT2D eigenvalue weighted by molar-refractivity contribution is 5.91. The Morgan fingerprint density at radius 3 is 2.38 bits per heavy atom. The van der Waals surface area contributed by atoms with Gasteiger partial charge in [0.1, 0.15) is 0 Å². The maximum Gasteiger partial charge on any atom is 0.185 e. The maximum atomic E-state index is 15.0. The zero-order chi connectivity index (χ0) is 25.7. The molecule has 2 aromatic heterocycles. The van der Waals surface area contributed by atoms with Crippen molar-refractivity contribution in [2.75, 3.05) is 14.2 Å². The summed E-state index contributed by atoms with van der Waals surface area (Å²) in [4.78, 5) is 11.1. The summed E-state index contributed by atoms with van der Waals surface area (Å²) in [5, 5.41) is 17.8. The van der Waals surface area contributed by atoms with Crippen LogP contribution in [0.1, 0.15) is 36.8 Å². The van der Waals surface area contributed by atoms with Gasteiger partial charge in [-0.3, -0.25) is 10.00 Å². The number of benzene rings is 2. The van der Waals surface area contributed by atoms with Gasteiger partial charge in [-0.25, -0.2) is 18.7 Å². The van der Waals surface area contributed by atoms with E-state index < -0.39 is 17.2 Å². The molecule has 0 radical (unpaired) electrons. The average molecular weight is 508 g/mol. The molecule has 0 atom stereocenters. The number of methoxy groups -OCH3 is 2. The zero-order valence-electron chi connectivity index (χ0n) is 20.6. The van der Waals surface area contributed by atoms with Crippen LogP contribution in [0, 0.1) is 11.6 Å². The minimum Gasteiger partial charge on any atom is -0.494 e. The third-order valence-electron chi connectivity index (χ3n) is 7.53. The van der Waals surface area contributed by atoms with Crippen LogP contribution in [0.4, 0.5) is 8.78 Å². The molecule has 1 saturated carbocycles. The summed E-state index contributed by atoms with van der Waals surface area (Å²) < 4.78 is 40.0. The largest absolute Gasteiger partial charge is 0.494 e. The maximum absolute atomic E-state index is 15.0. The number of nitrogens with zero attached hydrogens (tertiary/aromatic N) is 4. The number of hydrogen-bond donors (Lipinski definition) is 2. The summed E-state index contributed by atoms with van der Waals surface area (Å²) in [6, 6.07) is 7.97. The molecule has 0 saturated heterocycles. The summed E-state index contributed by atoms with van der Waals surface area (Å²) in [6.07, 6.45) is 5.13. The van der Waals surface area contributed by atoms with E-state index in [-0.39, 0.29) is 23.4 Å². The molecule has 8 nitrogen and oxygen atoms in total. The van der Waals surface area contributed by atoms with Crippen LogP contribution < -0.4 is 9.47 Å². The molecule has 6 rings (SSSR count). The monoisotopic (exact) mass is 507 g/mol. The van der Waals surface area contributed by atoms with E-state index in [0.29, 0.717) is 17.1 Å². The molecule has 192 valence electrons. The van der Waals surface area contributed by atoms with Crippen molar-refractivity contribution in [3.63, 3.8) is 0 Å². The van der Waals surface area contributed by atoms with Crippen molar-refractivity contribution in [3.8, 4) is 34.1 Å². The number of aromatic nitrogens is 4. The van der Waals surface area contributed by atoms with Gasteiger partial charge in [-0.2, -0.15) is 5.10 Å². The second-order valence-corrected chi connectivity index (χ2v) is 9.66. The molecule has 1 aliphatic carbocycles. The second-order valence-electron chi connectivity index (χ2n) is 9.66. The van der Waals surface area contributed by atoms with Crippen LogP contribution in [0.15, 0.2) is 30.5 Å². The number of rotatable bonds is 5. The van der Waals surface area contributed by atoms with Gasteiger partial charge in [0, 0.05) is 37.0 Å². The molecule has 0 bridgehead atoms. The highest BCUT2D eigenvalue weighted by Gasteiger charge is 2.30. The van der Waals surface area contributed by atoms with Crippen molar-refractivity contribution < 1.29 is 23.4 Å². The molecule has 2 aliphatic rings. The predicted octanol–water partition coefficient (Wildman–Crippen LogP) is 4.60. The molecule has 4 aromatic rings. The number of aromatic amines is 1. The van der Waals surface area contributed by atoms with E-state index in [1.165, 1.54) is 31.5 Å². The smallest absolute Gasteiger partial charge is 0.185 e. The summed E-state index contributed by atoms with van der Waals surface area (Å²) in [7, 11) is 2.58. The van der Waals surface area contributed by atoms with Gasteiger partial charge in [-0.1, -0.05) is 12.1 Å². The number of aliphatic hydroxyl groups excluding tert-OH is 1. The molecule has 3 heterocycles. The van der Waals surface area contributed by atoms with E-state index in [4.69, 9.17) is 9.47 Å². The first-order valence-electron chi connectivity index (χ1n) is 12.3. The standard InChI is InChI=1S/C27H27F2N5O3/c1-36-20-10-21(37-2)24(29)22(23(20)28)27-30-11-19-25(32-33-26(19)31-27)14-3-4-15-12-34(13-16(15)9-14)17-5-7-18(35)8-6-17/h3-4,9-11,17-18,35H,5-8,12-13H2,1-2H3,(H,30,31,32,33). The minimum atomic E-state index is -0.911. The first-order chi connectivity index (χ1) is 18.0. The number of ether oxygens (including phenoxy) is 2. The third kappa shape index (κ3) is 4.10. The van der Waals surface area contributed by atoms with Crippen molar-refractivity contribution in [2.24, 2.45) is 0 Å². The fourth-order valence-electron chi connectivity index (χ4n) is 5.48. The van der Waals surface area contributed by atoms with Gasteiger partial charge in [0.25, 0.3) is 0 Å². The Labute approximate surface area is 212 Å². The van der Waals surface area contributed by atoms with E-state index in [1.807, 2.05) is 6.07 Å². The van der Waals surface area contributed by atoms with Crippen molar-refractivity contribution in [3.05, 3.63) is 53.2 Å². The van der Waals surface area contributed by atoms with Crippen LogP contribution in [0.25, 0.3) is 33.7 Å². The number of aliphatic hydroxyl groups is 1. The van der Waals surface area contributed by atoms with Gasteiger partial charge in [0.05, 0.1) is 37.0 Å². The van der Waals surface area contributed by atoms with E-state index in [9.17, 15) is 13.9 Å². The van der Waals surface area contributed by atoms with Gasteiger partial charge in [-0.05, 0) is 42.9 Å². The topological polar surface area (TPSA) is 96.4 Å². The lowest BCUT2D eigenvalue weighted by molar-refractivity contribution is 0.0725. The lowest BCUT2D eigenvalue weighted by atomic mass is 9.92. The van der Waals surface area contributed by atoms with Gasteiger partial charge in [0.15, 0.2) is 34.6 Å². The first kappa shape index (κ1) is 23.7. The predicted molar refractivity (Wildman–Crippen MR) is 133 cm³/mol. The van der Waals surface area contributed by atoms with Crippen LogP contribution in [0.3, 0.4) is 0 Å². The minimum absolute atomic E-state index is 0.153. The molecule has 37 heavy (non-hydrogen) atoms. The lowest BCUT2D eigenvalue weighted by Crippen LogP contribution is -2.35. The summed E-state index contributed by atoms with van der Waals surface area (Å²) >= 11 is 0. The average Bonchev–Trinajstić information content (AvgIpc) is 3.53. The van der Waals surface area contributed by atoms with Crippen LogP contribution in [0.2, 0.25) is 0 Å². The van der Waals surface area contributed by atoms with E-state index in [2.05, 4.69) is 37.2 Å². The molecular formula is C27H27F2N5O3. The molecule has 10 heteroatoms. The highest BCUT2D eigenvalue weighted by atomic mass is 19.1. The Morgan fingerprint density at radius 2 is 1.68 bits per heavy atom. The summed E-state index contributed by atoms with van der Waals surface area (Å²) in [5.41, 5.74) is 4.11. The Hall–Kier alpha value is -3.63. The SMILES string of the molecule is COc1cc(OC)c(F)c(-c2ncc3c(-c4ccc5c(c4)CN(C4CCC(O)CC4)C5)[nH]nc3n2)c1F. The zero-order valence-corrected chi connectivity index (χ0v) is 20.6. The Bertz CT molecular complexity index is 1450. The Kier molecular flexibility index (Phi) is 6.00. The molecule has 1 fully saturated rings. The van der Waals surface area contributed by atoms with E-state index in [1.54, 1.807) is 0 Å². The second kappa shape index (κ2) is 9.35. The van der Waals surface area contributed by atoms with Gasteiger partial charge >= 0.3 is 0 Å². The number of H-pyrrole nitrogens is 1. The third-order valence-corrected chi connectivity index (χ3v) is 7.53. The number of halogens is 2. The molecule has 0 spiro atoms. The highest BCUT2D eigenvalue weighted by Crippen LogP contribution is 2.38. The molecule has 2 aromatic carbocycles. The number of nitrogens with one attached hydrogen (secondary N) is 1. The Morgan fingerprint density at radius 1 is 0.973 bits per heavy atom. The quantitative estimate of drug-likeness (QED) is 0.408. The Balaban J connectivity index is 1.31. The van der Waals surface area contributed by atoms with Gasteiger partial charge < -0.3 is 14.6 Å². The molecule has 1 aliphatic heterocycles. The van der Waals surface area contributed by atoms with Crippen LogP contribution in [0.5, 0.6) is 11.5 Å². The van der Waals surface area contributed by atoms with E-state index in [0.717, 1.165) is 56.1 Å². The fraction of sp³-hybridized carbons (Fsp3) is 0.370. The van der Waals surface area contributed by atoms with Crippen LogP contribution in [-0.4, -0.2) is 56.5 Å². The van der Waals surface area contributed by atoms with Crippen LogP contribution in [-0.2, 0) is 13.1 Å². The fourth-order valence-corrected chi connectivity index (χ4v) is 5.48. The number of hydrogen-bond acceptors (Lipinski definition) is 7. The normalized spacial score (nSPS) is 19.8. The molecule has 0 amide bonds. The van der Waals surface area contributed by atoms with Gasteiger partial charge in [0.2, 0.25) is 0 Å². The molecule has 0 unspecified atom stereocenters. The molecule has 2 N–H and O–H groups in total. The number of fused-ring (bicyclic) bond motifs is 2. The van der Waals surface area contributed by atoms with Crippen molar-refractivity contribution in [1.82, 2.24) is 25.1 Å². The van der Waals surface area contributed by atoms with E-state index >= 15 is 0 Å². The first-order valence-corrected chi connectivity index (χ1v) is 12.3. The van der Waals surface area contributed by atoms with Crippen molar-refractivity contribution in [2.45, 2.75) is 50.9 Å².